The van der Waals surface area contributed by atoms with Crippen LogP contribution in [-0.4, -0.2) is 24.7 Å². The van der Waals surface area contributed by atoms with E-state index in [9.17, 15) is 4.79 Å². The molecule has 0 bridgehead atoms. The van der Waals surface area contributed by atoms with Gasteiger partial charge in [-0.25, -0.2) is 0 Å². The quantitative estimate of drug-likeness (QED) is 0.855. The Morgan fingerprint density at radius 2 is 2.14 bits per heavy atom. The molecule has 0 aliphatic carbocycles. The van der Waals surface area contributed by atoms with Crippen LogP contribution >= 0.6 is 0 Å². The highest BCUT2D eigenvalue weighted by atomic mass is 16.5. The fourth-order valence-corrected chi connectivity index (χ4v) is 1.89. The second kappa shape index (κ2) is 6.78. The summed E-state index contributed by atoms with van der Waals surface area (Å²) in [6.07, 6.45) is 0.322. The summed E-state index contributed by atoms with van der Waals surface area (Å²) in [7, 11) is 1.58. The number of amides is 1. The Morgan fingerprint density at radius 3 is 2.81 bits per heavy atom. The summed E-state index contributed by atoms with van der Waals surface area (Å²) in [5.41, 5.74) is 1.74. The molecular formula is C15H19N3O3. The third kappa shape index (κ3) is 4.24. The van der Waals surface area contributed by atoms with Gasteiger partial charge in [0.05, 0.1) is 12.8 Å². The van der Waals surface area contributed by atoms with E-state index in [-0.39, 0.29) is 5.91 Å². The number of hydrogen-bond acceptors (Lipinski definition) is 5. The number of nitrogens with one attached hydrogen (secondary N) is 2. The number of methoxy groups -OCH3 is 1. The molecule has 21 heavy (non-hydrogen) atoms. The van der Waals surface area contributed by atoms with Crippen LogP contribution in [0.2, 0.25) is 0 Å². The van der Waals surface area contributed by atoms with Crippen molar-refractivity contribution in [2.24, 2.45) is 0 Å². The summed E-state index contributed by atoms with van der Waals surface area (Å²) in [4.78, 5) is 11.9. The largest absolute Gasteiger partial charge is 0.495 e. The Kier molecular flexibility index (Phi) is 4.81. The SMILES string of the molecule is COc1ccc(C)cc1NC(=O)CCNc1cc(C)on1. The van der Waals surface area contributed by atoms with Gasteiger partial charge in [0.1, 0.15) is 11.5 Å². The highest BCUT2D eigenvalue weighted by Crippen LogP contribution is 2.25. The van der Waals surface area contributed by atoms with E-state index in [1.54, 1.807) is 13.2 Å². The van der Waals surface area contributed by atoms with Gasteiger partial charge in [-0.2, -0.15) is 0 Å². The Balaban J connectivity index is 1.85. The lowest BCUT2D eigenvalue weighted by Gasteiger charge is -2.11. The van der Waals surface area contributed by atoms with Crippen LogP contribution in [0.1, 0.15) is 17.7 Å². The zero-order valence-electron chi connectivity index (χ0n) is 12.4. The lowest BCUT2D eigenvalue weighted by molar-refractivity contribution is -0.116. The summed E-state index contributed by atoms with van der Waals surface area (Å²) >= 11 is 0. The molecule has 0 radical (unpaired) electrons. The van der Waals surface area contributed by atoms with Gasteiger partial charge in [0, 0.05) is 19.0 Å². The van der Waals surface area contributed by atoms with Crippen LogP contribution in [-0.2, 0) is 4.79 Å². The van der Waals surface area contributed by atoms with Gasteiger partial charge in [-0.05, 0) is 31.5 Å². The number of nitrogens with zero attached hydrogens (tertiary/aromatic N) is 1. The zero-order chi connectivity index (χ0) is 15.2. The van der Waals surface area contributed by atoms with Gasteiger partial charge >= 0.3 is 0 Å². The zero-order valence-corrected chi connectivity index (χ0v) is 12.4. The van der Waals surface area contributed by atoms with E-state index in [1.165, 1.54) is 0 Å². The summed E-state index contributed by atoms with van der Waals surface area (Å²) in [5.74, 6) is 1.92. The van der Waals surface area contributed by atoms with E-state index >= 15 is 0 Å². The van der Waals surface area contributed by atoms with Crippen LogP contribution in [0.5, 0.6) is 5.75 Å². The molecule has 0 aliphatic rings. The second-order valence-corrected chi connectivity index (χ2v) is 4.75. The van der Waals surface area contributed by atoms with Gasteiger partial charge < -0.3 is 19.9 Å². The number of aryl methyl sites for hydroxylation is 2. The Hall–Kier alpha value is -2.50. The maximum atomic E-state index is 11.9. The molecule has 0 spiro atoms. The lowest BCUT2D eigenvalue weighted by Crippen LogP contribution is -2.16. The van der Waals surface area contributed by atoms with Gasteiger partial charge in [-0.1, -0.05) is 11.2 Å². The Bertz CT molecular complexity index is 622. The molecule has 1 aromatic carbocycles. The van der Waals surface area contributed by atoms with Gasteiger partial charge in [0.15, 0.2) is 5.82 Å². The van der Waals surface area contributed by atoms with Crippen molar-refractivity contribution in [3.05, 3.63) is 35.6 Å². The molecule has 1 amide bonds. The Labute approximate surface area is 123 Å². The minimum absolute atomic E-state index is 0.0911. The van der Waals surface area contributed by atoms with Gasteiger partial charge in [0.2, 0.25) is 5.91 Å². The predicted molar refractivity (Wildman–Crippen MR) is 80.7 cm³/mol. The molecule has 0 unspecified atom stereocenters. The number of benzene rings is 1. The molecular weight excluding hydrogens is 270 g/mol. The van der Waals surface area contributed by atoms with Crippen LogP contribution in [0, 0.1) is 13.8 Å². The van der Waals surface area contributed by atoms with Crippen molar-refractivity contribution in [1.29, 1.82) is 0 Å². The maximum absolute atomic E-state index is 11.9. The molecule has 0 saturated heterocycles. The third-order valence-corrected chi connectivity index (χ3v) is 2.92. The minimum Gasteiger partial charge on any atom is -0.495 e. The topological polar surface area (TPSA) is 76.4 Å². The highest BCUT2D eigenvalue weighted by molar-refractivity contribution is 5.92. The first-order valence-electron chi connectivity index (χ1n) is 6.70. The number of carbonyl (C=O) groups is 1. The highest BCUT2D eigenvalue weighted by Gasteiger charge is 2.08. The first-order valence-corrected chi connectivity index (χ1v) is 6.70. The molecule has 0 saturated carbocycles. The lowest BCUT2D eigenvalue weighted by atomic mass is 10.2. The standard InChI is InChI=1S/C15H19N3O3/c1-10-4-5-13(20-3)12(8-10)17-15(19)6-7-16-14-9-11(2)21-18-14/h4-5,8-9H,6-7H2,1-3H3,(H,16,18)(H,17,19). The number of rotatable bonds is 6. The van der Waals surface area contributed by atoms with Crippen LogP contribution in [0.15, 0.2) is 28.8 Å². The first-order chi connectivity index (χ1) is 10.1. The second-order valence-electron chi connectivity index (χ2n) is 4.75. The van der Waals surface area contributed by atoms with Crippen molar-refractivity contribution in [1.82, 2.24) is 5.16 Å². The van der Waals surface area contributed by atoms with Crippen molar-refractivity contribution < 1.29 is 14.1 Å². The van der Waals surface area contributed by atoms with Crippen molar-refractivity contribution in [2.45, 2.75) is 20.3 Å². The molecule has 0 fully saturated rings. The van der Waals surface area contributed by atoms with Crippen LogP contribution in [0.3, 0.4) is 0 Å². The smallest absolute Gasteiger partial charge is 0.226 e. The fraction of sp³-hybridized carbons (Fsp3) is 0.333. The molecule has 2 rings (SSSR count). The number of ether oxygens (including phenoxy) is 1. The van der Waals surface area contributed by atoms with Crippen molar-refractivity contribution in [3.63, 3.8) is 0 Å². The van der Waals surface area contributed by atoms with Gasteiger partial charge in [0.25, 0.3) is 0 Å². The van der Waals surface area contributed by atoms with E-state index in [0.717, 1.165) is 11.3 Å². The monoisotopic (exact) mass is 289 g/mol. The number of anilines is 2. The van der Waals surface area contributed by atoms with E-state index in [2.05, 4.69) is 15.8 Å². The average Bonchev–Trinajstić information content (AvgIpc) is 2.85. The third-order valence-electron chi connectivity index (χ3n) is 2.92. The molecule has 6 nitrogen and oxygen atoms in total. The molecule has 2 aromatic rings. The first kappa shape index (κ1) is 14.9. The van der Waals surface area contributed by atoms with Crippen LogP contribution in [0.4, 0.5) is 11.5 Å². The van der Waals surface area contributed by atoms with E-state index in [1.807, 2.05) is 32.0 Å². The van der Waals surface area contributed by atoms with Crippen LogP contribution < -0.4 is 15.4 Å². The fourth-order valence-electron chi connectivity index (χ4n) is 1.89. The van der Waals surface area contributed by atoms with E-state index < -0.39 is 0 Å². The normalized spacial score (nSPS) is 10.2. The molecule has 1 heterocycles. The number of hydrogen-bond donors (Lipinski definition) is 2. The summed E-state index contributed by atoms with van der Waals surface area (Å²) in [5, 5.41) is 9.67. The van der Waals surface area contributed by atoms with Crippen molar-refractivity contribution in [3.8, 4) is 5.75 Å². The molecule has 1 aromatic heterocycles. The summed E-state index contributed by atoms with van der Waals surface area (Å²) in [6, 6.07) is 7.43. The Morgan fingerprint density at radius 1 is 1.33 bits per heavy atom. The molecule has 0 atom stereocenters. The average molecular weight is 289 g/mol. The van der Waals surface area contributed by atoms with Gasteiger partial charge in [-0.3, -0.25) is 4.79 Å². The van der Waals surface area contributed by atoms with Crippen molar-refractivity contribution in [2.75, 3.05) is 24.3 Å². The number of carbonyl (C=O) groups excluding carboxylic acids is 1. The molecule has 0 aliphatic heterocycles. The predicted octanol–water partition coefficient (Wildman–Crippen LogP) is 2.74. The molecule has 2 N–H and O–H groups in total. The minimum atomic E-state index is -0.0911. The van der Waals surface area contributed by atoms with Crippen molar-refractivity contribution >= 4 is 17.4 Å². The molecule has 6 heteroatoms. The summed E-state index contributed by atoms with van der Waals surface area (Å²) in [6.45, 7) is 4.25. The van der Waals surface area contributed by atoms with E-state index in [4.69, 9.17) is 9.26 Å². The van der Waals surface area contributed by atoms with Gasteiger partial charge in [-0.15, -0.1) is 0 Å². The number of aromatic nitrogens is 1. The van der Waals surface area contributed by atoms with E-state index in [0.29, 0.717) is 30.2 Å². The summed E-state index contributed by atoms with van der Waals surface area (Å²) < 4.78 is 10.2. The maximum Gasteiger partial charge on any atom is 0.226 e. The van der Waals surface area contributed by atoms with Crippen LogP contribution in [0.25, 0.3) is 0 Å². The molecule has 112 valence electrons.